The molecule has 0 aromatic heterocycles. The highest BCUT2D eigenvalue weighted by atomic mass is 35.5. The summed E-state index contributed by atoms with van der Waals surface area (Å²) in [5.74, 6) is 0.0600. The fourth-order valence-electron chi connectivity index (χ4n) is 1.72. The minimum Gasteiger partial charge on any atom is -0.356 e. The molecule has 0 N–H and O–H groups in total. The maximum Gasteiger partial charge on any atom is 0.199 e. The van der Waals surface area contributed by atoms with Crippen LogP contribution in [0, 0.1) is 0 Å². The summed E-state index contributed by atoms with van der Waals surface area (Å²) in [5.41, 5.74) is 1.36. The Labute approximate surface area is 133 Å². The molecule has 2 aromatic rings. The lowest BCUT2D eigenvalue weighted by molar-refractivity contribution is 0.103. The molecule has 0 saturated heterocycles. The first kappa shape index (κ1) is 15.5. The lowest BCUT2D eigenvalue weighted by Gasteiger charge is -2.09. The molecule has 0 saturated carbocycles. The van der Waals surface area contributed by atoms with Crippen LogP contribution in [-0.2, 0) is 0 Å². The standard InChI is InChI=1S/C16H13Cl2NO2/c1-10(2)19-21-14-9-4-3-6-11(14)16(20)15-12(17)7-5-8-13(15)18/h3-9H,1-2H3. The zero-order valence-electron chi connectivity index (χ0n) is 11.6. The molecule has 21 heavy (non-hydrogen) atoms. The van der Waals surface area contributed by atoms with Crippen molar-refractivity contribution in [3.8, 4) is 5.75 Å². The lowest BCUT2D eigenvalue weighted by atomic mass is 10.0. The van der Waals surface area contributed by atoms with E-state index in [0.717, 1.165) is 5.71 Å². The van der Waals surface area contributed by atoms with E-state index in [1.807, 2.05) is 0 Å². The Morgan fingerprint density at radius 3 is 2.24 bits per heavy atom. The fourth-order valence-corrected chi connectivity index (χ4v) is 2.29. The van der Waals surface area contributed by atoms with Gasteiger partial charge >= 0.3 is 0 Å². The van der Waals surface area contributed by atoms with Crippen molar-refractivity contribution in [3.63, 3.8) is 0 Å². The lowest BCUT2D eigenvalue weighted by Crippen LogP contribution is -2.05. The number of hydrogen-bond donors (Lipinski definition) is 0. The number of hydrogen-bond acceptors (Lipinski definition) is 3. The average molecular weight is 322 g/mol. The van der Waals surface area contributed by atoms with Crippen molar-refractivity contribution in [2.45, 2.75) is 13.8 Å². The van der Waals surface area contributed by atoms with E-state index in [0.29, 0.717) is 21.4 Å². The van der Waals surface area contributed by atoms with Crippen molar-refractivity contribution in [1.29, 1.82) is 0 Å². The second-order valence-corrected chi connectivity index (χ2v) is 5.37. The number of halogens is 2. The van der Waals surface area contributed by atoms with Crippen molar-refractivity contribution in [1.82, 2.24) is 0 Å². The third kappa shape index (κ3) is 3.63. The van der Waals surface area contributed by atoms with Crippen LogP contribution in [0.25, 0.3) is 0 Å². The number of ketones is 1. The molecule has 0 aliphatic rings. The molecular formula is C16H13Cl2NO2. The van der Waals surface area contributed by atoms with Gasteiger partial charge in [0.15, 0.2) is 11.5 Å². The van der Waals surface area contributed by atoms with Gasteiger partial charge in [0.2, 0.25) is 0 Å². The topological polar surface area (TPSA) is 38.7 Å². The van der Waals surface area contributed by atoms with Gasteiger partial charge in [0, 0.05) is 0 Å². The summed E-state index contributed by atoms with van der Waals surface area (Å²) in [7, 11) is 0. The van der Waals surface area contributed by atoms with E-state index in [2.05, 4.69) is 5.16 Å². The molecule has 2 rings (SSSR count). The van der Waals surface area contributed by atoms with Crippen molar-refractivity contribution in [2.24, 2.45) is 5.16 Å². The molecule has 0 heterocycles. The first-order chi connectivity index (χ1) is 10.0. The zero-order valence-corrected chi connectivity index (χ0v) is 13.1. The van der Waals surface area contributed by atoms with Crippen molar-refractivity contribution in [2.75, 3.05) is 0 Å². The Hall–Kier alpha value is -1.84. The van der Waals surface area contributed by atoms with Crippen LogP contribution in [0.2, 0.25) is 10.0 Å². The molecule has 0 aliphatic carbocycles. The van der Waals surface area contributed by atoms with E-state index in [-0.39, 0.29) is 11.3 Å². The molecule has 108 valence electrons. The normalized spacial score (nSPS) is 10.1. The van der Waals surface area contributed by atoms with Gasteiger partial charge in [-0.25, -0.2) is 0 Å². The Balaban J connectivity index is 2.47. The minimum absolute atomic E-state index is 0.258. The maximum absolute atomic E-state index is 12.7. The molecule has 0 radical (unpaired) electrons. The van der Waals surface area contributed by atoms with Crippen LogP contribution in [-0.4, -0.2) is 11.5 Å². The van der Waals surface area contributed by atoms with Crippen LogP contribution in [0.5, 0.6) is 5.75 Å². The van der Waals surface area contributed by atoms with Crippen molar-refractivity contribution in [3.05, 3.63) is 63.6 Å². The number of oxime groups is 1. The van der Waals surface area contributed by atoms with E-state index in [1.165, 1.54) is 0 Å². The van der Waals surface area contributed by atoms with Crippen LogP contribution in [0.4, 0.5) is 0 Å². The molecular weight excluding hydrogens is 309 g/mol. The van der Waals surface area contributed by atoms with Crippen LogP contribution in [0.1, 0.15) is 29.8 Å². The number of benzene rings is 2. The molecule has 0 fully saturated rings. The largest absolute Gasteiger partial charge is 0.356 e. The Bertz CT molecular complexity index is 687. The molecule has 0 bridgehead atoms. The third-order valence-electron chi connectivity index (χ3n) is 2.65. The monoisotopic (exact) mass is 321 g/mol. The summed E-state index contributed by atoms with van der Waals surface area (Å²) in [5, 5.41) is 4.48. The van der Waals surface area contributed by atoms with E-state index in [1.54, 1.807) is 56.3 Å². The SMILES string of the molecule is CC(C)=NOc1ccccc1C(=O)c1c(Cl)cccc1Cl. The first-order valence-corrected chi connectivity index (χ1v) is 7.02. The Kier molecular flexibility index (Phi) is 4.99. The van der Waals surface area contributed by atoms with Gasteiger partial charge in [-0.2, -0.15) is 0 Å². The predicted molar refractivity (Wildman–Crippen MR) is 85.7 cm³/mol. The molecule has 0 amide bonds. The molecule has 0 unspecified atom stereocenters. The molecule has 2 aromatic carbocycles. The molecule has 0 spiro atoms. The average Bonchev–Trinajstić information content (AvgIpc) is 2.45. The molecule has 0 aliphatic heterocycles. The van der Waals surface area contributed by atoms with E-state index < -0.39 is 0 Å². The summed E-state index contributed by atoms with van der Waals surface area (Å²) >= 11 is 12.2. The number of carbonyl (C=O) groups is 1. The summed E-state index contributed by atoms with van der Waals surface area (Å²) in [6.45, 7) is 3.60. The highest BCUT2D eigenvalue weighted by Crippen LogP contribution is 2.30. The first-order valence-electron chi connectivity index (χ1n) is 6.26. The molecule has 3 nitrogen and oxygen atoms in total. The van der Waals surface area contributed by atoms with E-state index >= 15 is 0 Å². The third-order valence-corrected chi connectivity index (χ3v) is 3.28. The van der Waals surface area contributed by atoms with Gasteiger partial charge in [0.1, 0.15) is 0 Å². The van der Waals surface area contributed by atoms with Crippen LogP contribution >= 0.6 is 23.2 Å². The van der Waals surface area contributed by atoms with Gasteiger partial charge in [0.25, 0.3) is 0 Å². The van der Waals surface area contributed by atoms with Gasteiger partial charge < -0.3 is 4.84 Å². The van der Waals surface area contributed by atoms with Crippen LogP contribution in [0.15, 0.2) is 47.6 Å². The number of nitrogens with zero attached hydrogens (tertiary/aromatic N) is 1. The Morgan fingerprint density at radius 2 is 1.62 bits per heavy atom. The van der Waals surface area contributed by atoms with Gasteiger partial charge in [-0.15, -0.1) is 0 Å². The van der Waals surface area contributed by atoms with Gasteiger partial charge in [0.05, 0.1) is 26.9 Å². The van der Waals surface area contributed by atoms with Crippen molar-refractivity contribution >= 4 is 34.7 Å². The van der Waals surface area contributed by atoms with Crippen LogP contribution < -0.4 is 4.84 Å². The predicted octanol–water partition coefficient (Wildman–Crippen LogP) is 5.00. The summed E-state index contributed by atoms with van der Waals surface area (Å²) < 4.78 is 0. The Morgan fingerprint density at radius 1 is 1.00 bits per heavy atom. The molecule has 0 atom stereocenters. The number of carbonyl (C=O) groups excluding carboxylic acids is 1. The highest BCUT2D eigenvalue weighted by molar-refractivity contribution is 6.41. The number of rotatable bonds is 4. The quantitative estimate of drug-likeness (QED) is 0.451. The zero-order chi connectivity index (χ0) is 15.4. The van der Waals surface area contributed by atoms with Gasteiger partial charge in [-0.3, -0.25) is 4.79 Å². The van der Waals surface area contributed by atoms with Crippen molar-refractivity contribution < 1.29 is 9.63 Å². The van der Waals surface area contributed by atoms with E-state index in [4.69, 9.17) is 28.0 Å². The number of para-hydroxylation sites is 1. The smallest absolute Gasteiger partial charge is 0.199 e. The molecule has 5 heteroatoms. The van der Waals surface area contributed by atoms with Crippen LogP contribution in [0.3, 0.4) is 0 Å². The maximum atomic E-state index is 12.7. The summed E-state index contributed by atoms with van der Waals surface area (Å²) in [6.07, 6.45) is 0. The van der Waals surface area contributed by atoms with Gasteiger partial charge in [-0.1, -0.05) is 46.6 Å². The van der Waals surface area contributed by atoms with E-state index in [9.17, 15) is 4.79 Å². The summed E-state index contributed by atoms with van der Waals surface area (Å²) in [4.78, 5) is 18.0. The fraction of sp³-hybridized carbons (Fsp3) is 0.125. The highest BCUT2D eigenvalue weighted by Gasteiger charge is 2.20. The second kappa shape index (κ2) is 6.74. The second-order valence-electron chi connectivity index (χ2n) is 4.55. The minimum atomic E-state index is -0.301. The van der Waals surface area contributed by atoms with Gasteiger partial charge in [-0.05, 0) is 38.1 Å². The summed E-state index contributed by atoms with van der Waals surface area (Å²) in [6, 6.07) is 11.8.